The molecule has 3 aromatic rings. The smallest absolute Gasteiger partial charge is 0.256 e. The Hall–Kier alpha value is -2.55. The Balaban J connectivity index is 1.85. The number of para-hydroxylation sites is 1. The largest absolute Gasteiger partial charge is 0.360 e. The van der Waals surface area contributed by atoms with Crippen LogP contribution in [-0.2, 0) is 6.54 Å². The van der Waals surface area contributed by atoms with Gasteiger partial charge in [0.05, 0.1) is 5.56 Å². The summed E-state index contributed by atoms with van der Waals surface area (Å²) in [5, 5.41) is 0.970. The third-order valence-electron chi connectivity index (χ3n) is 3.43. The highest BCUT2D eigenvalue weighted by Crippen LogP contribution is 2.19. The van der Waals surface area contributed by atoms with Gasteiger partial charge in [0.25, 0.3) is 5.91 Å². The Morgan fingerprint density at radius 3 is 2.55 bits per heavy atom. The van der Waals surface area contributed by atoms with E-state index < -0.39 is 0 Å². The first-order valence-electron chi connectivity index (χ1n) is 6.61. The maximum Gasteiger partial charge on any atom is 0.256 e. The lowest BCUT2D eigenvalue weighted by atomic mass is 10.1. The number of aromatic amines is 1. The molecule has 3 nitrogen and oxygen atoms in total. The average Bonchev–Trinajstić information content (AvgIpc) is 2.91. The van der Waals surface area contributed by atoms with Gasteiger partial charge in [-0.05, 0) is 11.6 Å². The molecule has 3 rings (SSSR count). The van der Waals surface area contributed by atoms with Crippen LogP contribution in [0, 0.1) is 0 Å². The number of hydrogen-bond donors (Lipinski definition) is 1. The van der Waals surface area contributed by atoms with Crippen molar-refractivity contribution in [1.82, 2.24) is 9.88 Å². The van der Waals surface area contributed by atoms with E-state index in [4.69, 9.17) is 0 Å². The van der Waals surface area contributed by atoms with E-state index in [9.17, 15) is 4.79 Å². The van der Waals surface area contributed by atoms with Crippen LogP contribution in [0.15, 0.2) is 60.8 Å². The Morgan fingerprint density at radius 1 is 1.05 bits per heavy atom. The van der Waals surface area contributed by atoms with Crippen molar-refractivity contribution in [2.75, 3.05) is 7.05 Å². The Morgan fingerprint density at radius 2 is 1.75 bits per heavy atom. The topological polar surface area (TPSA) is 36.1 Å². The number of nitrogens with one attached hydrogen (secondary N) is 1. The van der Waals surface area contributed by atoms with E-state index in [0.717, 1.165) is 22.0 Å². The monoisotopic (exact) mass is 264 g/mol. The second kappa shape index (κ2) is 5.21. The van der Waals surface area contributed by atoms with Crippen molar-refractivity contribution in [1.29, 1.82) is 0 Å². The van der Waals surface area contributed by atoms with E-state index in [1.807, 2.05) is 61.6 Å². The van der Waals surface area contributed by atoms with Crippen LogP contribution in [0.1, 0.15) is 15.9 Å². The average molecular weight is 264 g/mol. The molecule has 0 saturated heterocycles. The molecular formula is C17H16N2O. The van der Waals surface area contributed by atoms with E-state index in [0.29, 0.717) is 6.54 Å². The Labute approximate surface area is 117 Å². The Bertz CT molecular complexity index is 731. The predicted molar refractivity (Wildman–Crippen MR) is 80.5 cm³/mol. The molecule has 0 radical (unpaired) electrons. The number of carbonyl (C=O) groups is 1. The molecule has 2 aromatic carbocycles. The second-order valence-corrected chi connectivity index (χ2v) is 4.89. The van der Waals surface area contributed by atoms with Crippen molar-refractivity contribution in [2.24, 2.45) is 0 Å². The first-order chi connectivity index (χ1) is 9.75. The SMILES string of the molecule is CN(Cc1ccccc1)C(=O)c1c[nH]c2ccccc12. The lowest BCUT2D eigenvalue weighted by molar-refractivity contribution is 0.0787. The molecule has 1 amide bonds. The van der Waals surface area contributed by atoms with Crippen LogP contribution in [0.3, 0.4) is 0 Å². The quantitative estimate of drug-likeness (QED) is 0.773. The highest BCUT2D eigenvalue weighted by Gasteiger charge is 2.15. The van der Waals surface area contributed by atoms with Gasteiger partial charge in [-0.15, -0.1) is 0 Å². The summed E-state index contributed by atoms with van der Waals surface area (Å²) in [6.07, 6.45) is 1.79. The highest BCUT2D eigenvalue weighted by atomic mass is 16.2. The summed E-state index contributed by atoms with van der Waals surface area (Å²) in [4.78, 5) is 17.4. The molecule has 100 valence electrons. The van der Waals surface area contributed by atoms with Crippen LogP contribution < -0.4 is 0 Å². The standard InChI is InChI=1S/C17H16N2O/c1-19(12-13-7-3-2-4-8-13)17(20)15-11-18-16-10-6-5-9-14(15)16/h2-11,18H,12H2,1H3. The van der Waals surface area contributed by atoms with Gasteiger partial charge in [-0.2, -0.15) is 0 Å². The number of fused-ring (bicyclic) bond motifs is 1. The minimum atomic E-state index is 0.0336. The highest BCUT2D eigenvalue weighted by molar-refractivity contribution is 6.06. The summed E-state index contributed by atoms with van der Waals surface area (Å²) >= 11 is 0. The van der Waals surface area contributed by atoms with Gasteiger partial charge in [-0.1, -0.05) is 48.5 Å². The number of hydrogen-bond acceptors (Lipinski definition) is 1. The van der Waals surface area contributed by atoms with Crippen molar-refractivity contribution < 1.29 is 4.79 Å². The molecule has 0 aliphatic heterocycles. The Kier molecular flexibility index (Phi) is 3.25. The van der Waals surface area contributed by atoms with Crippen molar-refractivity contribution in [3.05, 3.63) is 71.9 Å². The van der Waals surface area contributed by atoms with E-state index >= 15 is 0 Å². The molecule has 0 spiro atoms. The molecule has 3 heteroatoms. The fraction of sp³-hybridized carbons (Fsp3) is 0.118. The molecule has 0 aliphatic carbocycles. The maximum absolute atomic E-state index is 12.5. The molecule has 1 N–H and O–H groups in total. The van der Waals surface area contributed by atoms with Crippen molar-refractivity contribution in [3.63, 3.8) is 0 Å². The summed E-state index contributed by atoms with van der Waals surface area (Å²) < 4.78 is 0. The second-order valence-electron chi connectivity index (χ2n) is 4.89. The molecule has 0 saturated carbocycles. The normalized spacial score (nSPS) is 10.7. The predicted octanol–water partition coefficient (Wildman–Crippen LogP) is 3.44. The van der Waals surface area contributed by atoms with E-state index in [1.54, 1.807) is 11.1 Å². The van der Waals surface area contributed by atoms with Gasteiger partial charge >= 0.3 is 0 Å². The molecule has 20 heavy (non-hydrogen) atoms. The number of benzene rings is 2. The molecule has 0 fully saturated rings. The third-order valence-corrected chi connectivity index (χ3v) is 3.43. The van der Waals surface area contributed by atoms with Crippen molar-refractivity contribution >= 4 is 16.8 Å². The minimum Gasteiger partial charge on any atom is -0.360 e. The fourth-order valence-electron chi connectivity index (χ4n) is 2.38. The molecule has 0 unspecified atom stereocenters. The fourth-order valence-corrected chi connectivity index (χ4v) is 2.38. The lowest BCUT2D eigenvalue weighted by Crippen LogP contribution is -2.25. The zero-order valence-electron chi connectivity index (χ0n) is 11.3. The van der Waals surface area contributed by atoms with Gasteiger partial charge < -0.3 is 9.88 Å². The number of carbonyl (C=O) groups excluding carboxylic acids is 1. The van der Waals surface area contributed by atoms with Gasteiger partial charge in [-0.3, -0.25) is 4.79 Å². The lowest BCUT2D eigenvalue weighted by Gasteiger charge is -2.16. The first kappa shape index (κ1) is 12.5. The summed E-state index contributed by atoms with van der Waals surface area (Å²) in [6.45, 7) is 0.610. The molecule has 0 aliphatic rings. The number of amides is 1. The molecule has 1 heterocycles. The molecule has 0 atom stereocenters. The summed E-state index contributed by atoms with van der Waals surface area (Å²) in [5.74, 6) is 0.0336. The van der Waals surface area contributed by atoms with Crippen LogP contribution in [0.25, 0.3) is 10.9 Å². The van der Waals surface area contributed by atoms with Crippen LogP contribution >= 0.6 is 0 Å². The van der Waals surface area contributed by atoms with Crippen molar-refractivity contribution in [2.45, 2.75) is 6.54 Å². The van der Waals surface area contributed by atoms with Crippen LogP contribution in [0.4, 0.5) is 0 Å². The van der Waals surface area contributed by atoms with E-state index in [2.05, 4.69) is 4.98 Å². The van der Waals surface area contributed by atoms with Gasteiger partial charge in [0.1, 0.15) is 0 Å². The number of aromatic nitrogens is 1. The zero-order chi connectivity index (χ0) is 13.9. The van der Waals surface area contributed by atoms with E-state index in [-0.39, 0.29) is 5.91 Å². The first-order valence-corrected chi connectivity index (χ1v) is 6.61. The zero-order valence-corrected chi connectivity index (χ0v) is 11.3. The van der Waals surface area contributed by atoms with Gasteiger partial charge in [0.2, 0.25) is 0 Å². The van der Waals surface area contributed by atoms with Gasteiger partial charge in [-0.25, -0.2) is 0 Å². The minimum absolute atomic E-state index is 0.0336. The summed E-state index contributed by atoms with van der Waals surface area (Å²) in [7, 11) is 1.83. The van der Waals surface area contributed by atoms with Crippen LogP contribution in [-0.4, -0.2) is 22.8 Å². The molecule has 1 aromatic heterocycles. The molecular weight excluding hydrogens is 248 g/mol. The molecule has 0 bridgehead atoms. The number of nitrogens with zero attached hydrogens (tertiary/aromatic N) is 1. The van der Waals surface area contributed by atoms with Gasteiger partial charge in [0.15, 0.2) is 0 Å². The summed E-state index contributed by atoms with van der Waals surface area (Å²) in [5.41, 5.74) is 2.84. The third kappa shape index (κ3) is 2.30. The van der Waals surface area contributed by atoms with Crippen molar-refractivity contribution in [3.8, 4) is 0 Å². The van der Waals surface area contributed by atoms with Gasteiger partial charge in [0, 0.05) is 30.7 Å². The number of rotatable bonds is 3. The van der Waals surface area contributed by atoms with Crippen LogP contribution in [0.5, 0.6) is 0 Å². The maximum atomic E-state index is 12.5. The van der Waals surface area contributed by atoms with Crippen LogP contribution in [0.2, 0.25) is 0 Å². The number of H-pyrrole nitrogens is 1. The van der Waals surface area contributed by atoms with E-state index in [1.165, 1.54) is 0 Å². The summed E-state index contributed by atoms with van der Waals surface area (Å²) in [6, 6.07) is 17.9.